The molecular formula is C12H14N2O. The number of hydrogen-bond acceptors (Lipinski definition) is 3. The van der Waals surface area contributed by atoms with Crippen LogP contribution in [-0.4, -0.2) is 29.0 Å². The van der Waals surface area contributed by atoms with Crippen molar-refractivity contribution >= 4 is 5.71 Å². The van der Waals surface area contributed by atoms with Crippen molar-refractivity contribution in [2.75, 3.05) is 13.2 Å². The van der Waals surface area contributed by atoms with Crippen LogP contribution in [0.3, 0.4) is 0 Å². The van der Waals surface area contributed by atoms with Crippen LogP contribution in [-0.2, 0) is 0 Å². The van der Waals surface area contributed by atoms with Crippen LogP contribution >= 0.6 is 0 Å². The van der Waals surface area contributed by atoms with Crippen molar-refractivity contribution in [1.29, 1.82) is 0 Å². The van der Waals surface area contributed by atoms with E-state index in [4.69, 9.17) is 5.11 Å². The Balaban J connectivity index is 2.27. The van der Waals surface area contributed by atoms with Crippen LogP contribution in [0, 0.1) is 0 Å². The minimum Gasteiger partial charge on any atom is -0.396 e. The summed E-state index contributed by atoms with van der Waals surface area (Å²) in [6, 6.07) is 5.80. The number of dihydropyridines is 1. The molecule has 1 aromatic rings. The molecule has 1 aliphatic rings. The smallest absolute Gasteiger partial charge is 0.0884 e. The zero-order valence-electron chi connectivity index (χ0n) is 8.56. The number of aliphatic hydroxyl groups excluding tert-OH is 1. The Hall–Kier alpha value is -1.48. The van der Waals surface area contributed by atoms with Crippen LogP contribution in [0.5, 0.6) is 0 Å². The van der Waals surface area contributed by atoms with Gasteiger partial charge in [-0.1, -0.05) is 12.1 Å². The second-order valence-electron chi connectivity index (χ2n) is 3.44. The quantitative estimate of drug-likeness (QED) is 0.808. The van der Waals surface area contributed by atoms with Gasteiger partial charge in [-0.2, -0.15) is 0 Å². The van der Waals surface area contributed by atoms with Gasteiger partial charge in [0.2, 0.25) is 0 Å². The van der Waals surface area contributed by atoms with Crippen LogP contribution in [0.25, 0.3) is 0 Å². The highest BCUT2D eigenvalue weighted by molar-refractivity contribution is 6.11. The molecule has 0 fully saturated rings. The fourth-order valence-electron chi connectivity index (χ4n) is 1.70. The summed E-state index contributed by atoms with van der Waals surface area (Å²) >= 11 is 0. The lowest BCUT2D eigenvalue weighted by molar-refractivity contribution is 0.300. The molecule has 0 aliphatic carbocycles. The fourth-order valence-corrected chi connectivity index (χ4v) is 1.70. The number of nitrogens with zero attached hydrogens (tertiary/aromatic N) is 2. The first-order valence-electron chi connectivity index (χ1n) is 5.18. The standard InChI is InChI=1S/C12H14N2O/c15-9-6-10-4-3-8-14-12(10)11-5-1-2-7-13-11/h1-2,4-5,7,15H,3,6,8-9H2. The average Bonchev–Trinajstić information content (AvgIpc) is 2.31. The third kappa shape index (κ3) is 2.30. The molecule has 2 rings (SSSR count). The zero-order chi connectivity index (χ0) is 10.5. The Bertz CT molecular complexity index is 382. The minimum atomic E-state index is 0.164. The molecule has 15 heavy (non-hydrogen) atoms. The van der Waals surface area contributed by atoms with E-state index in [1.54, 1.807) is 6.20 Å². The van der Waals surface area contributed by atoms with E-state index in [2.05, 4.69) is 16.1 Å². The van der Waals surface area contributed by atoms with Crippen LogP contribution in [0.4, 0.5) is 0 Å². The van der Waals surface area contributed by atoms with Gasteiger partial charge in [-0.05, 0) is 30.5 Å². The summed E-state index contributed by atoms with van der Waals surface area (Å²) in [4.78, 5) is 8.76. The number of pyridine rings is 1. The van der Waals surface area contributed by atoms with Crippen molar-refractivity contribution in [2.24, 2.45) is 4.99 Å². The van der Waals surface area contributed by atoms with Gasteiger partial charge in [-0.15, -0.1) is 0 Å². The second-order valence-corrected chi connectivity index (χ2v) is 3.44. The molecule has 3 heteroatoms. The van der Waals surface area contributed by atoms with Crippen molar-refractivity contribution in [3.63, 3.8) is 0 Å². The number of rotatable bonds is 3. The second kappa shape index (κ2) is 4.84. The molecule has 0 amide bonds. The number of aromatic nitrogens is 1. The zero-order valence-corrected chi connectivity index (χ0v) is 8.56. The first-order valence-corrected chi connectivity index (χ1v) is 5.18. The van der Waals surface area contributed by atoms with Gasteiger partial charge in [0.1, 0.15) is 0 Å². The summed E-state index contributed by atoms with van der Waals surface area (Å²) in [5.74, 6) is 0. The van der Waals surface area contributed by atoms with Gasteiger partial charge in [0, 0.05) is 19.3 Å². The van der Waals surface area contributed by atoms with Crippen LogP contribution in [0.15, 0.2) is 41.0 Å². The van der Waals surface area contributed by atoms with Crippen molar-refractivity contribution in [3.05, 3.63) is 41.7 Å². The molecule has 0 spiro atoms. The maximum Gasteiger partial charge on any atom is 0.0884 e. The summed E-state index contributed by atoms with van der Waals surface area (Å²) in [5.41, 5.74) is 2.95. The predicted octanol–water partition coefficient (Wildman–Crippen LogP) is 1.58. The van der Waals surface area contributed by atoms with E-state index in [1.165, 1.54) is 0 Å². The lowest BCUT2D eigenvalue weighted by Crippen LogP contribution is -2.12. The molecule has 0 saturated carbocycles. The number of hydrogen-bond donors (Lipinski definition) is 1. The molecule has 0 bridgehead atoms. The third-order valence-electron chi connectivity index (χ3n) is 2.38. The van der Waals surface area contributed by atoms with Crippen LogP contribution < -0.4 is 0 Å². The lowest BCUT2D eigenvalue weighted by atomic mass is 10.0. The van der Waals surface area contributed by atoms with Gasteiger partial charge in [0.05, 0.1) is 11.4 Å². The summed E-state index contributed by atoms with van der Waals surface area (Å²) in [6.07, 6.45) is 5.54. The largest absolute Gasteiger partial charge is 0.396 e. The minimum absolute atomic E-state index is 0.164. The van der Waals surface area contributed by atoms with E-state index in [1.807, 2.05) is 18.2 Å². The highest BCUT2D eigenvalue weighted by Gasteiger charge is 2.12. The van der Waals surface area contributed by atoms with Crippen LogP contribution in [0.1, 0.15) is 18.5 Å². The molecule has 0 saturated heterocycles. The molecule has 78 valence electrons. The monoisotopic (exact) mass is 202 g/mol. The van der Waals surface area contributed by atoms with Crippen molar-refractivity contribution in [2.45, 2.75) is 12.8 Å². The molecule has 2 heterocycles. The molecule has 0 aromatic carbocycles. The molecule has 3 nitrogen and oxygen atoms in total. The topological polar surface area (TPSA) is 45.5 Å². The summed E-state index contributed by atoms with van der Waals surface area (Å²) < 4.78 is 0. The Morgan fingerprint density at radius 3 is 3.00 bits per heavy atom. The predicted molar refractivity (Wildman–Crippen MR) is 60.0 cm³/mol. The SMILES string of the molecule is OCCC1=CCCN=C1c1ccccn1. The molecular weight excluding hydrogens is 188 g/mol. The molecule has 0 atom stereocenters. The lowest BCUT2D eigenvalue weighted by Gasteiger charge is -2.13. The first-order chi connectivity index (χ1) is 7.42. The Kier molecular flexibility index (Phi) is 3.25. The molecule has 1 aliphatic heterocycles. The van der Waals surface area contributed by atoms with Crippen LogP contribution in [0.2, 0.25) is 0 Å². The van der Waals surface area contributed by atoms with Crippen molar-refractivity contribution in [1.82, 2.24) is 4.98 Å². The van der Waals surface area contributed by atoms with Gasteiger partial charge >= 0.3 is 0 Å². The molecule has 0 unspecified atom stereocenters. The highest BCUT2D eigenvalue weighted by Crippen LogP contribution is 2.15. The number of aliphatic hydroxyl groups is 1. The van der Waals surface area contributed by atoms with E-state index in [9.17, 15) is 0 Å². The van der Waals surface area contributed by atoms with E-state index < -0.39 is 0 Å². The molecule has 1 N–H and O–H groups in total. The van der Waals surface area contributed by atoms with E-state index in [0.717, 1.165) is 29.9 Å². The maximum atomic E-state index is 8.97. The fraction of sp³-hybridized carbons (Fsp3) is 0.333. The van der Waals surface area contributed by atoms with Crippen molar-refractivity contribution in [3.8, 4) is 0 Å². The Labute approximate surface area is 89.2 Å². The highest BCUT2D eigenvalue weighted by atomic mass is 16.2. The molecule has 0 radical (unpaired) electrons. The van der Waals surface area contributed by atoms with Gasteiger partial charge in [0.25, 0.3) is 0 Å². The molecule has 1 aromatic heterocycles. The van der Waals surface area contributed by atoms with Crippen molar-refractivity contribution < 1.29 is 5.11 Å². The normalized spacial score (nSPS) is 15.8. The van der Waals surface area contributed by atoms with Gasteiger partial charge < -0.3 is 5.11 Å². The first kappa shape index (κ1) is 10.1. The number of aliphatic imine (C=N–C) groups is 1. The van der Waals surface area contributed by atoms with Gasteiger partial charge in [0.15, 0.2) is 0 Å². The van der Waals surface area contributed by atoms with Gasteiger partial charge in [-0.3, -0.25) is 9.98 Å². The Morgan fingerprint density at radius 2 is 2.27 bits per heavy atom. The summed E-state index contributed by atoms with van der Waals surface area (Å²) in [6.45, 7) is 0.985. The summed E-state index contributed by atoms with van der Waals surface area (Å²) in [7, 11) is 0. The van der Waals surface area contributed by atoms with E-state index in [-0.39, 0.29) is 6.61 Å². The Morgan fingerprint density at radius 1 is 1.33 bits per heavy atom. The van der Waals surface area contributed by atoms with Gasteiger partial charge in [-0.25, -0.2) is 0 Å². The van der Waals surface area contributed by atoms with E-state index in [0.29, 0.717) is 6.42 Å². The maximum absolute atomic E-state index is 8.97. The summed E-state index contributed by atoms with van der Waals surface area (Å²) in [5, 5.41) is 8.97. The average molecular weight is 202 g/mol. The van der Waals surface area contributed by atoms with E-state index >= 15 is 0 Å². The third-order valence-corrected chi connectivity index (χ3v) is 2.38.